The second kappa shape index (κ2) is 3.73. The molecule has 0 aliphatic heterocycles. The van der Waals surface area contributed by atoms with Crippen LogP contribution in [-0.4, -0.2) is 11.1 Å². The van der Waals surface area contributed by atoms with E-state index < -0.39 is 23.4 Å². The standard InChI is InChI=1S/C8H5BrF3NO2/c9-5-1-3(7(14)15)6(13)2-4(5)8(10,11)12/h1-2H,13H2,(H,14,15). The molecule has 0 saturated carbocycles. The molecule has 0 heterocycles. The van der Waals surface area contributed by atoms with Crippen LogP contribution in [0.1, 0.15) is 15.9 Å². The number of hydrogen-bond donors (Lipinski definition) is 2. The molecule has 7 heteroatoms. The van der Waals surface area contributed by atoms with Crippen LogP contribution in [0.25, 0.3) is 0 Å². The summed E-state index contributed by atoms with van der Waals surface area (Å²) in [5.74, 6) is -1.37. The van der Waals surface area contributed by atoms with Gasteiger partial charge in [-0.05, 0) is 12.1 Å². The molecule has 1 aromatic carbocycles. The first-order valence-corrected chi connectivity index (χ1v) is 4.42. The molecule has 0 spiro atoms. The second-order valence-corrected chi connectivity index (χ2v) is 3.58. The molecule has 0 aromatic heterocycles. The van der Waals surface area contributed by atoms with Gasteiger partial charge in [-0.15, -0.1) is 0 Å². The lowest BCUT2D eigenvalue weighted by atomic mass is 10.1. The monoisotopic (exact) mass is 283 g/mol. The molecule has 0 fully saturated rings. The van der Waals surface area contributed by atoms with Gasteiger partial charge < -0.3 is 10.8 Å². The highest BCUT2D eigenvalue weighted by Gasteiger charge is 2.34. The molecular formula is C8H5BrF3NO2. The smallest absolute Gasteiger partial charge is 0.417 e. The first kappa shape index (κ1) is 11.8. The van der Waals surface area contributed by atoms with Crippen molar-refractivity contribution in [1.82, 2.24) is 0 Å². The molecule has 82 valence electrons. The van der Waals surface area contributed by atoms with Crippen molar-refractivity contribution in [2.45, 2.75) is 6.18 Å². The van der Waals surface area contributed by atoms with Gasteiger partial charge in [-0.25, -0.2) is 4.79 Å². The minimum absolute atomic E-state index is 0.346. The van der Waals surface area contributed by atoms with E-state index in [-0.39, 0.29) is 10.0 Å². The molecule has 0 bridgehead atoms. The van der Waals surface area contributed by atoms with Gasteiger partial charge in [-0.3, -0.25) is 0 Å². The van der Waals surface area contributed by atoms with E-state index in [1.165, 1.54) is 0 Å². The van der Waals surface area contributed by atoms with Gasteiger partial charge in [0.2, 0.25) is 0 Å². The van der Waals surface area contributed by atoms with Crippen molar-refractivity contribution in [2.24, 2.45) is 0 Å². The number of carboxylic acids is 1. The Hall–Kier alpha value is -1.24. The van der Waals surface area contributed by atoms with Crippen LogP contribution in [0.5, 0.6) is 0 Å². The second-order valence-electron chi connectivity index (χ2n) is 2.72. The number of halogens is 4. The highest BCUT2D eigenvalue weighted by atomic mass is 79.9. The van der Waals surface area contributed by atoms with E-state index in [2.05, 4.69) is 15.9 Å². The summed E-state index contributed by atoms with van der Waals surface area (Å²) in [6, 6.07) is 1.42. The number of alkyl halides is 3. The lowest BCUT2D eigenvalue weighted by Crippen LogP contribution is -2.10. The number of rotatable bonds is 1. The summed E-state index contributed by atoms with van der Waals surface area (Å²) in [7, 11) is 0. The van der Waals surface area contributed by atoms with E-state index in [4.69, 9.17) is 10.8 Å². The van der Waals surface area contributed by atoms with Crippen molar-refractivity contribution in [3.8, 4) is 0 Å². The number of aromatic carboxylic acids is 1. The molecule has 1 rings (SSSR count). The van der Waals surface area contributed by atoms with Gasteiger partial charge in [0.25, 0.3) is 0 Å². The Balaban J connectivity index is 3.39. The third-order valence-electron chi connectivity index (χ3n) is 1.68. The Labute approximate surface area is 90.8 Å². The number of nitrogens with two attached hydrogens (primary N) is 1. The van der Waals surface area contributed by atoms with Crippen molar-refractivity contribution >= 4 is 27.6 Å². The quantitative estimate of drug-likeness (QED) is 0.779. The third kappa shape index (κ3) is 2.41. The normalized spacial score (nSPS) is 11.5. The van der Waals surface area contributed by atoms with Gasteiger partial charge in [0.15, 0.2) is 0 Å². The zero-order chi connectivity index (χ0) is 11.8. The zero-order valence-corrected chi connectivity index (χ0v) is 8.69. The Morgan fingerprint density at radius 1 is 1.40 bits per heavy atom. The van der Waals surface area contributed by atoms with Crippen LogP contribution in [0.15, 0.2) is 16.6 Å². The highest BCUT2D eigenvalue weighted by molar-refractivity contribution is 9.10. The Kier molecular flexibility index (Phi) is 2.94. The highest BCUT2D eigenvalue weighted by Crippen LogP contribution is 2.37. The Morgan fingerprint density at radius 3 is 2.33 bits per heavy atom. The first-order chi connectivity index (χ1) is 6.73. The maximum absolute atomic E-state index is 12.3. The number of carbonyl (C=O) groups is 1. The summed E-state index contributed by atoms with van der Waals surface area (Å²) in [4.78, 5) is 10.6. The molecule has 0 unspecified atom stereocenters. The molecule has 15 heavy (non-hydrogen) atoms. The van der Waals surface area contributed by atoms with Crippen LogP contribution in [-0.2, 0) is 6.18 Å². The number of benzene rings is 1. The van der Waals surface area contributed by atoms with Crippen LogP contribution in [0.2, 0.25) is 0 Å². The lowest BCUT2D eigenvalue weighted by molar-refractivity contribution is -0.138. The van der Waals surface area contributed by atoms with Gasteiger partial charge in [-0.1, -0.05) is 15.9 Å². The van der Waals surface area contributed by atoms with Gasteiger partial charge in [-0.2, -0.15) is 13.2 Å². The van der Waals surface area contributed by atoms with E-state index in [0.29, 0.717) is 6.07 Å². The fraction of sp³-hybridized carbons (Fsp3) is 0.125. The van der Waals surface area contributed by atoms with E-state index in [9.17, 15) is 18.0 Å². The van der Waals surface area contributed by atoms with Crippen molar-refractivity contribution in [3.63, 3.8) is 0 Å². The molecule has 0 amide bonds. The molecule has 0 radical (unpaired) electrons. The predicted molar refractivity (Wildman–Crippen MR) is 50.5 cm³/mol. The number of nitrogen functional groups attached to an aromatic ring is 1. The van der Waals surface area contributed by atoms with E-state index in [0.717, 1.165) is 6.07 Å². The minimum Gasteiger partial charge on any atom is -0.478 e. The minimum atomic E-state index is -4.57. The van der Waals surface area contributed by atoms with Crippen LogP contribution in [0.4, 0.5) is 18.9 Å². The maximum atomic E-state index is 12.3. The average Bonchev–Trinajstić information content (AvgIpc) is 2.06. The van der Waals surface area contributed by atoms with Crippen LogP contribution in [0.3, 0.4) is 0 Å². The maximum Gasteiger partial charge on any atom is 0.417 e. The fourth-order valence-electron chi connectivity index (χ4n) is 0.992. The predicted octanol–water partition coefficient (Wildman–Crippen LogP) is 2.75. The SMILES string of the molecule is Nc1cc(C(F)(F)F)c(Br)cc1C(=O)O. The average molecular weight is 284 g/mol. The molecule has 0 aliphatic carbocycles. The number of carboxylic acid groups (broad SMARTS) is 1. The summed E-state index contributed by atoms with van der Waals surface area (Å²) >= 11 is 2.65. The fourth-order valence-corrected chi connectivity index (χ4v) is 1.56. The number of anilines is 1. The van der Waals surface area contributed by atoms with Crippen molar-refractivity contribution in [3.05, 3.63) is 27.7 Å². The first-order valence-electron chi connectivity index (χ1n) is 3.63. The molecule has 0 atom stereocenters. The van der Waals surface area contributed by atoms with Crippen LogP contribution < -0.4 is 5.73 Å². The molecule has 3 N–H and O–H groups in total. The molecule has 0 saturated heterocycles. The molecule has 3 nitrogen and oxygen atoms in total. The van der Waals surface area contributed by atoms with Crippen molar-refractivity contribution in [2.75, 3.05) is 5.73 Å². The summed E-state index contributed by atoms with van der Waals surface area (Å²) < 4.78 is 36.6. The van der Waals surface area contributed by atoms with E-state index >= 15 is 0 Å². The summed E-state index contributed by atoms with van der Waals surface area (Å²) in [5, 5.41) is 8.60. The van der Waals surface area contributed by atoms with Crippen molar-refractivity contribution in [1.29, 1.82) is 0 Å². The van der Waals surface area contributed by atoms with E-state index in [1.54, 1.807) is 0 Å². The zero-order valence-electron chi connectivity index (χ0n) is 7.10. The number of hydrogen-bond acceptors (Lipinski definition) is 2. The van der Waals surface area contributed by atoms with Gasteiger partial charge in [0.1, 0.15) is 0 Å². The van der Waals surface area contributed by atoms with Crippen LogP contribution in [0, 0.1) is 0 Å². The lowest BCUT2D eigenvalue weighted by Gasteiger charge is -2.11. The van der Waals surface area contributed by atoms with Crippen LogP contribution >= 0.6 is 15.9 Å². The van der Waals surface area contributed by atoms with Gasteiger partial charge in [0.05, 0.1) is 11.1 Å². The van der Waals surface area contributed by atoms with E-state index in [1.807, 2.05) is 0 Å². The molecule has 1 aromatic rings. The largest absolute Gasteiger partial charge is 0.478 e. The summed E-state index contributed by atoms with van der Waals surface area (Å²) in [6.45, 7) is 0. The molecular weight excluding hydrogens is 279 g/mol. The third-order valence-corrected chi connectivity index (χ3v) is 2.33. The Morgan fingerprint density at radius 2 is 1.93 bits per heavy atom. The summed E-state index contributed by atoms with van der Waals surface area (Å²) in [5.41, 5.74) is 3.41. The van der Waals surface area contributed by atoms with Gasteiger partial charge >= 0.3 is 12.1 Å². The van der Waals surface area contributed by atoms with Gasteiger partial charge in [0, 0.05) is 10.2 Å². The topological polar surface area (TPSA) is 63.3 Å². The summed E-state index contributed by atoms with van der Waals surface area (Å²) in [6.07, 6.45) is -4.57. The van der Waals surface area contributed by atoms with Crippen molar-refractivity contribution < 1.29 is 23.1 Å². The Bertz CT molecular complexity index is 417. The molecule has 0 aliphatic rings.